The zero-order chi connectivity index (χ0) is 15.2. The molecule has 0 spiro atoms. The van der Waals surface area contributed by atoms with Crippen LogP contribution in [-0.2, 0) is 0 Å². The van der Waals surface area contributed by atoms with Crippen LogP contribution in [0.1, 0.15) is 15.2 Å². The summed E-state index contributed by atoms with van der Waals surface area (Å²) in [4.78, 5) is 14.0. The molecule has 2 aromatic carbocycles. The van der Waals surface area contributed by atoms with E-state index in [0.29, 0.717) is 5.56 Å². The molecule has 0 saturated carbocycles. The van der Waals surface area contributed by atoms with Crippen molar-refractivity contribution in [3.63, 3.8) is 0 Å². The van der Waals surface area contributed by atoms with Crippen molar-refractivity contribution in [2.75, 3.05) is 0 Å². The quantitative estimate of drug-likeness (QED) is 0.570. The summed E-state index contributed by atoms with van der Waals surface area (Å²) in [5.41, 5.74) is 4.31. The van der Waals surface area contributed by atoms with Crippen LogP contribution < -0.4 is 5.43 Å². The Hall–Kier alpha value is -2.72. The van der Waals surface area contributed by atoms with Gasteiger partial charge in [-0.3, -0.25) is 4.79 Å². The van der Waals surface area contributed by atoms with Crippen LogP contribution in [0.5, 0.6) is 0 Å². The summed E-state index contributed by atoms with van der Waals surface area (Å²) >= 11 is 1.63. The van der Waals surface area contributed by atoms with Gasteiger partial charge in [0.15, 0.2) is 0 Å². The fraction of sp³-hybridized carbons (Fsp3) is 0. The van der Waals surface area contributed by atoms with E-state index < -0.39 is 0 Å². The highest BCUT2D eigenvalue weighted by Crippen LogP contribution is 2.26. The Labute approximate surface area is 132 Å². The number of rotatable bonds is 4. The summed E-state index contributed by atoms with van der Waals surface area (Å²) in [6.07, 6.45) is 1.66. The summed E-state index contributed by atoms with van der Waals surface area (Å²) in [5.74, 6) is -0.211. The lowest BCUT2D eigenvalue weighted by Crippen LogP contribution is -2.17. The van der Waals surface area contributed by atoms with Gasteiger partial charge in [0.05, 0.1) is 6.21 Å². The first-order valence-corrected chi connectivity index (χ1v) is 7.68. The van der Waals surface area contributed by atoms with E-state index in [9.17, 15) is 4.79 Å². The van der Waals surface area contributed by atoms with Crippen molar-refractivity contribution in [3.8, 4) is 10.4 Å². The minimum atomic E-state index is -0.211. The van der Waals surface area contributed by atoms with Crippen molar-refractivity contribution in [1.82, 2.24) is 5.43 Å². The summed E-state index contributed by atoms with van der Waals surface area (Å²) in [7, 11) is 0. The van der Waals surface area contributed by atoms with E-state index in [-0.39, 0.29) is 5.91 Å². The molecule has 0 saturated heterocycles. The van der Waals surface area contributed by atoms with Crippen molar-refractivity contribution >= 4 is 23.5 Å². The first-order chi connectivity index (χ1) is 10.8. The van der Waals surface area contributed by atoms with E-state index in [2.05, 4.69) is 28.7 Å². The topological polar surface area (TPSA) is 41.5 Å². The first-order valence-electron chi connectivity index (χ1n) is 6.86. The smallest absolute Gasteiger partial charge is 0.267 e. The maximum atomic E-state index is 11.8. The lowest BCUT2D eigenvalue weighted by atomic mass is 10.2. The molecule has 4 heteroatoms. The predicted octanol–water partition coefficient (Wildman–Crippen LogP) is 4.18. The van der Waals surface area contributed by atoms with Crippen molar-refractivity contribution < 1.29 is 4.79 Å². The Kier molecular flexibility index (Phi) is 4.41. The molecule has 0 radical (unpaired) electrons. The normalized spacial score (nSPS) is 10.7. The largest absolute Gasteiger partial charge is 0.271 e. The van der Waals surface area contributed by atoms with E-state index >= 15 is 0 Å². The average Bonchev–Trinajstić information content (AvgIpc) is 3.05. The summed E-state index contributed by atoms with van der Waals surface area (Å²) in [5, 5.41) is 4.01. The number of carbonyl (C=O) groups is 1. The molecule has 3 aromatic rings. The van der Waals surface area contributed by atoms with Gasteiger partial charge in [0.2, 0.25) is 0 Å². The second-order valence-corrected chi connectivity index (χ2v) is 5.75. The second-order valence-electron chi connectivity index (χ2n) is 4.63. The van der Waals surface area contributed by atoms with E-state index in [1.54, 1.807) is 29.7 Å². The van der Waals surface area contributed by atoms with E-state index in [4.69, 9.17) is 0 Å². The van der Waals surface area contributed by atoms with Crippen LogP contribution in [0, 0.1) is 0 Å². The minimum Gasteiger partial charge on any atom is -0.267 e. The van der Waals surface area contributed by atoms with Crippen LogP contribution in [-0.4, -0.2) is 12.1 Å². The standard InChI is InChI=1S/C18H14N2OS/c21-18(15-9-5-2-6-10-15)20-19-13-16-11-12-17(22-16)14-7-3-1-4-8-14/h1-13H,(H,20,21)/b19-13-. The van der Waals surface area contributed by atoms with Gasteiger partial charge in [-0.1, -0.05) is 48.5 Å². The van der Waals surface area contributed by atoms with Gasteiger partial charge in [-0.25, -0.2) is 5.43 Å². The van der Waals surface area contributed by atoms with Gasteiger partial charge in [-0.2, -0.15) is 5.10 Å². The lowest BCUT2D eigenvalue weighted by molar-refractivity contribution is 0.0955. The molecule has 0 unspecified atom stereocenters. The molecule has 0 fully saturated rings. The number of hydrogen-bond acceptors (Lipinski definition) is 3. The molecule has 3 nitrogen and oxygen atoms in total. The number of hydrazone groups is 1. The average molecular weight is 306 g/mol. The highest BCUT2D eigenvalue weighted by molar-refractivity contribution is 7.17. The van der Waals surface area contributed by atoms with Crippen LogP contribution in [0.15, 0.2) is 77.9 Å². The van der Waals surface area contributed by atoms with Crippen molar-refractivity contribution in [2.45, 2.75) is 0 Å². The summed E-state index contributed by atoms with van der Waals surface area (Å²) < 4.78 is 0. The maximum absolute atomic E-state index is 11.8. The molecule has 22 heavy (non-hydrogen) atoms. The van der Waals surface area contributed by atoms with Crippen molar-refractivity contribution in [3.05, 3.63) is 83.2 Å². The summed E-state index contributed by atoms with van der Waals surface area (Å²) in [6, 6.07) is 23.3. The molecular weight excluding hydrogens is 292 g/mol. The van der Waals surface area contributed by atoms with E-state index in [1.165, 1.54) is 10.4 Å². The fourth-order valence-electron chi connectivity index (χ4n) is 1.99. The Morgan fingerprint density at radius 3 is 2.32 bits per heavy atom. The Morgan fingerprint density at radius 2 is 1.59 bits per heavy atom. The van der Waals surface area contributed by atoms with Crippen LogP contribution in [0.25, 0.3) is 10.4 Å². The van der Waals surface area contributed by atoms with Crippen LogP contribution in [0.4, 0.5) is 0 Å². The molecule has 1 N–H and O–H groups in total. The molecule has 0 aliphatic heterocycles. The molecule has 0 atom stereocenters. The van der Waals surface area contributed by atoms with Crippen molar-refractivity contribution in [1.29, 1.82) is 0 Å². The first kappa shape index (κ1) is 14.2. The second kappa shape index (κ2) is 6.83. The number of nitrogens with zero attached hydrogens (tertiary/aromatic N) is 1. The monoisotopic (exact) mass is 306 g/mol. The molecular formula is C18H14N2OS. The number of amides is 1. The zero-order valence-corrected chi connectivity index (χ0v) is 12.6. The zero-order valence-electron chi connectivity index (χ0n) is 11.8. The molecule has 1 amide bonds. The van der Waals surface area contributed by atoms with Gasteiger partial charge < -0.3 is 0 Å². The molecule has 108 valence electrons. The number of thiophene rings is 1. The van der Waals surface area contributed by atoms with Crippen LogP contribution in [0.2, 0.25) is 0 Å². The molecule has 0 aliphatic carbocycles. The molecule has 1 aromatic heterocycles. The molecule has 0 bridgehead atoms. The molecule has 0 aliphatic rings. The fourth-order valence-corrected chi connectivity index (χ4v) is 2.87. The van der Waals surface area contributed by atoms with E-state index in [1.807, 2.05) is 42.5 Å². The van der Waals surface area contributed by atoms with Crippen LogP contribution in [0.3, 0.4) is 0 Å². The third kappa shape index (κ3) is 3.48. The maximum Gasteiger partial charge on any atom is 0.271 e. The number of benzene rings is 2. The highest BCUT2D eigenvalue weighted by Gasteiger charge is 2.03. The van der Waals surface area contributed by atoms with Gasteiger partial charge in [-0.05, 0) is 29.8 Å². The Morgan fingerprint density at radius 1 is 0.909 bits per heavy atom. The van der Waals surface area contributed by atoms with Gasteiger partial charge in [0.25, 0.3) is 5.91 Å². The SMILES string of the molecule is O=C(N/N=C\c1ccc(-c2ccccc2)s1)c1ccccc1. The molecule has 1 heterocycles. The minimum absolute atomic E-state index is 0.211. The third-order valence-corrected chi connectivity index (χ3v) is 4.15. The number of carbonyl (C=O) groups excluding carboxylic acids is 1. The predicted molar refractivity (Wildman–Crippen MR) is 91.3 cm³/mol. The van der Waals surface area contributed by atoms with Gasteiger partial charge in [0, 0.05) is 15.3 Å². The number of hydrogen-bond donors (Lipinski definition) is 1. The van der Waals surface area contributed by atoms with Gasteiger partial charge >= 0.3 is 0 Å². The summed E-state index contributed by atoms with van der Waals surface area (Å²) in [6.45, 7) is 0. The van der Waals surface area contributed by atoms with Gasteiger partial charge in [-0.15, -0.1) is 11.3 Å². The highest BCUT2D eigenvalue weighted by atomic mass is 32.1. The number of nitrogens with one attached hydrogen (secondary N) is 1. The third-order valence-electron chi connectivity index (χ3n) is 3.08. The van der Waals surface area contributed by atoms with Crippen molar-refractivity contribution in [2.24, 2.45) is 5.10 Å². The van der Waals surface area contributed by atoms with Gasteiger partial charge in [0.1, 0.15) is 0 Å². The lowest BCUT2D eigenvalue weighted by Gasteiger charge is -1.98. The van der Waals surface area contributed by atoms with Crippen LogP contribution >= 0.6 is 11.3 Å². The Bertz CT molecular complexity index is 779. The molecule has 3 rings (SSSR count). The van der Waals surface area contributed by atoms with E-state index in [0.717, 1.165) is 4.88 Å². The Balaban J connectivity index is 1.64.